The van der Waals surface area contributed by atoms with Crippen LogP contribution in [0.2, 0.25) is 0 Å². The van der Waals surface area contributed by atoms with E-state index in [0.717, 1.165) is 65.9 Å². The third kappa shape index (κ3) is 3.22. The molecule has 0 amide bonds. The van der Waals surface area contributed by atoms with Gasteiger partial charge in [-0.2, -0.15) is 0 Å². The first-order valence-electron chi connectivity index (χ1n) is 14.8. The van der Waals surface area contributed by atoms with Crippen molar-refractivity contribution < 1.29 is 4.42 Å². The second-order valence-electron chi connectivity index (χ2n) is 11.4. The SMILES string of the molecule is c1ccc2cc3c(cc2c1)c1ccccc1n3-c1nc(-c2cc3oc4ccccc4c3c3ccccc23)c2ccccc2n1. The van der Waals surface area contributed by atoms with E-state index in [2.05, 4.69) is 126 Å². The van der Waals surface area contributed by atoms with Gasteiger partial charge in [0.15, 0.2) is 0 Å². The van der Waals surface area contributed by atoms with Crippen LogP contribution in [0, 0.1) is 0 Å². The minimum atomic E-state index is 0.647. The molecule has 10 rings (SSSR count). The Labute approximate surface area is 251 Å². The number of aromatic nitrogens is 3. The molecule has 0 N–H and O–H groups in total. The summed E-state index contributed by atoms with van der Waals surface area (Å²) in [7, 11) is 0. The van der Waals surface area contributed by atoms with Gasteiger partial charge in [0.1, 0.15) is 11.2 Å². The molecule has 204 valence electrons. The topological polar surface area (TPSA) is 43.9 Å². The average molecular weight is 562 g/mol. The van der Waals surface area contributed by atoms with Gasteiger partial charge in [-0.1, -0.05) is 103 Å². The van der Waals surface area contributed by atoms with Gasteiger partial charge in [-0.15, -0.1) is 0 Å². The summed E-state index contributed by atoms with van der Waals surface area (Å²) in [5.41, 5.74) is 6.71. The number of fused-ring (bicyclic) bond motifs is 10. The Morgan fingerprint density at radius 2 is 1.11 bits per heavy atom. The molecule has 7 aromatic carbocycles. The van der Waals surface area contributed by atoms with Crippen molar-refractivity contribution in [3.8, 4) is 17.2 Å². The molecule has 0 fully saturated rings. The molecule has 10 aromatic rings. The first-order valence-corrected chi connectivity index (χ1v) is 14.8. The smallest absolute Gasteiger partial charge is 0.235 e. The Balaban J connectivity index is 1.35. The maximum absolute atomic E-state index is 6.44. The highest BCUT2D eigenvalue weighted by molar-refractivity contribution is 6.23. The molecular formula is C40H23N3O. The van der Waals surface area contributed by atoms with Crippen molar-refractivity contribution in [3.63, 3.8) is 0 Å². The van der Waals surface area contributed by atoms with E-state index in [0.29, 0.717) is 5.95 Å². The zero-order chi connectivity index (χ0) is 28.8. The van der Waals surface area contributed by atoms with Gasteiger partial charge in [0.2, 0.25) is 5.95 Å². The van der Waals surface area contributed by atoms with Gasteiger partial charge in [-0.3, -0.25) is 4.57 Å². The molecule has 0 aliphatic rings. The van der Waals surface area contributed by atoms with Gasteiger partial charge in [0.25, 0.3) is 0 Å². The Hall–Kier alpha value is -6.00. The number of nitrogens with zero attached hydrogens (tertiary/aromatic N) is 3. The van der Waals surface area contributed by atoms with Crippen molar-refractivity contribution in [2.75, 3.05) is 0 Å². The fourth-order valence-corrected chi connectivity index (χ4v) is 7.02. The molecular weight excluding hydrogens is 538 g/mol. The first-order chi connectivity index (χ1) is 21.8. The number of furan rings is 1. The van der Waals surface area contributed by atoms with Gasteiger partial charge in [-0.25, -0.2) is 9.97 Å². The van der Waals surface area contributed by atoms with Gasteiger partial charge in [0, 0.05) is 32.5 Å². The zero-order valence-corrected chi connectivity index (χ0v) is 23.5. The monoisotopic (exact) mass is 561 g/mol. The van der Waals surface area contributed by atoms with Gasteiger partial charge < -0.3 is 4.42 Å². The lowest BCUT2D eigenvalue weighted by Crippen LogP contribution is -2.03. The van der Waals surface area contributed by atoms with Crippen LogP contribution < -0.4 is 0 Å². The molecule has 0 spiro atoms. The highest BCUT2D eigenvalue weighted by Gasteiger charge is 2.20. The molecule has 0 saturated carbocycles. The van der Waals surface area contributed by atoms with E-state index in [1.165, 1.54) is 21.5 Å². The Morgan fingerprint density at radius 1 is 0.455 bits per heavy atom. The summed E-state index contributed by atoms with van der Waals surface area (Å²) < 4.78 is 8.66. The van der Waals surface area contributed by atoms with Crippen LogP contribution in [-0.2, 0) is 0 Å². The van der Waals surface area contributed by atoms with Crippen molar-refractivity contribution in [1.29, 1.82) is 0 Å². The van der Waals surface area contributed by atoms with E-state index >= 15 is 0 Å². The summed E-state index contributed by atoms with van der Waals surface area (Å²) in [4.78, 5) is 10.6. The lowest BCUT2D eigenvalue weighted by Gasteiger charge is -2.14. The minimum Gasteiger partial charge on any atom is -0.456 e. The van der Waals surface area contributed by atoms with Crippen molar-refractivity contribution in [3.05, 3.63) is 140 Å². The quantitative estimate of drug-likeness (QED) is 0.211. The molecule has 3 heterocycles. The van der Waals surface area contributed by atoms with E-state index < -0.39 is 0 Å². The first kappa shape index (κ1) is 23.6. The van der Waals surface area contributed by atoms with E-state index in [1.54, 1.807) is 0 Å². The predicted molar refractivity (Wildman–Crippen MR) is 182 cm³/mol. The van der Waals surface area contributed by atoms with Gasteiger partial charge in [-0.05, 0) is 57.9 Å². The van der Waals surface area contributed by atoms with Crippen LogP contribution in [0.1, 0.15) is 0 Å². The van der Waals surface area contributed by atoms with Crippen LogP contribution in [0.25, 0.3) is 93.4 Å². The van der Waals surface area contributed by atoms with Crippen molar-refractivity contribution in [2.24, 2.45) is 0 Å². The van der Waals surface area contributed by atoms with Crippen LogP contribution in [0.3, 0.4) is 0 Å². The molecule has 0 bridgehead atoms. The summed E-state index contributed by atoms with van der Waals surface area (Å²) in [5, 5.41) is 10.3. The summed E-state index contributed by atoms with van der Waals surface area (Å²) in [6.45, 7) is 0. The molecule has 44 heavy (non-hydrogen) atoms. The highest BCUT2D eigenvalue weighted by Crippen LogP contribution is 2.42. The standard InChI is InChI=1S/C40H23N3O/c1-2-12-25-22-35-31(21-24(25)11-1)27-14-6-9-19-34(27)43(35)40-41-33-18-8-5-16-29(33)39(42-40)32-23-37-38(28-15-4-3-13-26(28)32)30-17-7-10-20-36(30)44-37/h1-23H. The van der Waals surface area contributed by atoms with Crippen molar-refractivity contribution >= 4 is 76.2 Å². The number of rotatable bonds is 2. The molecule has 3 aromatic heterocycles. The molecule has 0 saturated heterocycles. The molecule has 4 heteroatoms. The molecule has 0 atom stereocenters. The number of hydrogen-bond acceptors (Lipinski definition) is 3. The fourth-order valence-electron chi connectivity index (χ4n) is 7.02. The lowest BCUT2D eigenvalue weighted by molar-refractivity contribution is 0.669. The van der Waals surface area contributed by atoms with E-state index in [9.17, 15) is 0 Å². The van der Waals surface area contributed by atoms with E-state index in [-0.39, 0.29) is 0 Å². The molecule has 0 radical (unpaired) electrons. The third-order valence-electron chi connectivity index (χ3n) is 8.97. The van der Waals surface area contributed by atoms with Crippen LogP contribution in [0.5, 0.6) is 0 Å². The molecule has 0 aliphatic heterocycles. The number of hydrogen-bond donors (Lipinski definition) is 0. The van der Waals surface area contributed by atoms with E-state index in [4.69, 9.17) is 14.4 Å². The summed E-state index contributed by atoms with van der Waals surface area (Å²) in [5.74, 6) is 0.647. The largest absolute Gasteiger partial charge is 0.456 e. The molecule has 0 aliphatic carbocycles. The van der Waals surface area contributed by atoms with E-state index in [1.807, 2.05) is 18.2 Å². The molecule has 0 unspecified atom stereocenters. The average Bonchev–Trinajstić information content (AvgIpc) is 3.62. The van der Waals surface area contributed by atoms with Crippen molar-refractivity contribution in [1.82, 2.24) is 14.5 Å². The third-order valence-corrected chi connectivity index (χ3v) is 8.97. The Morgan fingerprint density at radius 3 is 1.98 bits per heavy atom. The van der Waals surface area contributed by atoms with Crippen molar-refractivity contribution in [2.45, 2.75) is 0 Å². The fraction of sp³-hybridized carbons (Fsp3) is 0. The maximum Gasteiger partial charge on any atom is 0.235 e. The zero-order valence-electron chi connectivity index (χ0n) is 23.5. The van der Waals surface area contributed by atoms with Crippen LogP contribution in [0.15, 0.2) is 144 Å². The van der Waals surface area contributed by atoms with Gasteiger partial charge >= 0.3 is 0 Å². The lowest BCUT2D eigenvalue weighted by atomic mass is 9.96. The maximum atomic E-state index is 6.44. The second-order valence-corrected chi connectivity index (χ2v) is 11.4. The summed E-state index contributed by atoms with van der Waals surface area (Å²) in [6, 6.07) is 48.9. The second kappa shape index (κ2) is 8.76. The van der Waals surface area contributed by atoms with Crippen LogP contribution >= 0.6 is 0 Å². The molecule has 4 nitrogen and oxygen atoms in total. The number of benzene rings is 7. The van der Waals surface area contributed by atoms with Gasteiger partial charge in [0.05, 0.1) is 22.2 Å². The Bertz CT molecular complexity index is 2790. The van der Waals surface area contributed by atoms with Crippen LogP contribution in [0.4, 0.5) is 0 Å². The normalized spacial score (nSPS) is 12.1. The minimum absolute atomic E-state index is 0.647. The highest BCUT2D eigenvalue weighted by atomic mass is 16.3. The summed E-state index contributed by atoms with van der Waals surface area (Å²) in [6.07, 6.45) is 0. The number of para-hydroxylation sites is 3. The summed E-state index contributed by atoms with van der Waals surface area (Å²) >= 11 is 0. The Kier molecular flexibility index (Phi) is 4.69. The van der Waals surface area contributed by atoms with Crippen LogP contribution in [-0.4, -0.2) is 14.5 Å². The predicted octanol–water partition coefficient (Wildman–Crippen LogP) is 10.6.